The van der Waals surface area contributed by atoms with Gasteiger partial charge in [-0.1, -0.05) is 12.0 Å². The number of rotatable bonds is 4. The Morgan fingerprint density at radius 1 is 1.15 bits per heavy atom. The predicted octanol–water partition coefficient (Wildman–Crippen LogP) is 1.43. The van der Waals surface area contributed by atoms with Crippen molar-refractivity contribution in [3.63, 3.8) is 0 Å². The Labute approximate surface area is 154 Å². The van der Waals surface area contributed by atoms with Crippen molar-refractivity contribution in [3.8, 4) is 12.3 Å². The summed E-state index contributed by atoms with van der Waals surface area (Å²) >= 11 is 0. The van der Waals surface area contributed by atoms with Crippen LogP contribution in [0.4, 0.5) is 10.5 Å². The fourth-order valence-corrected chi connectivity index (χ4v) is 5.59. The number of hydrogen-bond acceptors (Lipinski definition) is 4. The van der Waals surface area contributed by atoms with E-state index in [-0.39, 0.29) is 0 Å². The van der Waals surface area contributed by atoms with Gasteiger partial charge in [0, 0.05) is 18.8 Å². The fourth-order valence-electron chi connectivity index (χ4n) is 4.30. The molecule has 6 nitrogen and oxygen atoms in total. The molecule has 138 valence electrons. The number of sulfonamides is 1. The second-order valence-corrected chi connectivity index (χ2v) is 9.32. The molecule has 0 spiro atoms. The van der Waals surface area contributed by atoms with E-state index in [4.69, 9.17) is 6.42 Å². The maximum absolute atomic E-state index is 12.4. The van der Waals surface area contributed by atoms with Gasteiger partial charge in [-0.15, -0.1) is 6.42 Å². The number of aryl methyl sites for hydroxylation is 2. The molecule has 4 rings (SSSR count). The molecule has 0 atom stereocenters. The van der Waals surface area contributed by atoms with Gasteiger partial charge in [0.05, 0.1) is 6.54 Å². The minimum Gasteiger partial charge on any atom is -0.307 e. The number of fused-ring (bicyclic) bond motifs is 2. The first kappa shape index (κ1) is 17.4. The van der Waals surface area contributed by atoms with Crippen molar-refractivity contribution in [2.45, 2.75) is 43.8 Å². The average molecular weight is 373 g/mol. The van der Waals surface area contributed by atoms with Gasteiger partial charge in [-0.05, 0) is 60.8 Å². The quantitative estimate of drug-likeness (QED) is 0.783. The van der Waals surface area contributed by atoms with E-state index in [0.29, 0.717) is 19.6 Å². The van der Waals surface area contributed by atoms with Gasteiger partial charge in [0.25, 0.3) is 0 Å². The number of nitrogens with zero attached hydrogens (tertiary/aromatic N) is 1. The minimum absolute atomic E-state index is 0.364. The summed E-state index contributed by atoms with van der Waals surface area (Å²) in [5, 5.41) is 2.27. The Hall–Kier alpha value is -2.04. The van der Waals surface area contributed by atoms with E-state index in [1.54, 1.807) is 0 Å². The molecule has 1 fully saturated rings. The predicted molar refractivity (Wildman–Crippen MR) is 101 cm³/mol. The molecule has 3 aliphatic rings. The van der Waals surface area contributed by atoms with Gasteiger partial charge >= 0.3 is 6.03 Å². The monoisotopic (exact) mass is 373 g/mol. The third-order valence-electron chi connectivity index (χ3n) is 5.62. The summed E-state index contributed by atoms with van der Waals surface area (Å²) in [6, 6.07) is 1.62. The van der Waals surface area contributed by atoms with Crippen LogP contribution in [0.2, 0.25) is 0 Å². The molecule has 26 heavy (non-hydrogen) atoms. The van der Waals surface area contributed by atoms with Crippen molar-refractivity contribution < 1.29 is 13.2 Å². The summed E-state index contributed by atoms with van der Waals surface area (Å²) in [6.07, 6.45) is 11.3. The maximum atomic E-state index is 12.4. The zero-order valence-electron chi connectivity index (χ0n) is 14.7. The second-order valence-electron chi connectivity index (χ2n) is 7.36. The molecule has 1 saturated heterocycles. The minimum atomic E-state index is -3.69. The number of anilines is 1. The van der Waals surface area contributed by atoms with Gasteiger partial charge < -0.3 is 5.32 Å². The lowest BCUT2D eigenvalue weighted by Crippen LogP contribution is -2.58. The first-order valence-electron chi connectivity index (χ1n) is 9.13. The lowest BCUT2D eigenvalue weighted by atomic mass is 9.99. The zero-order chi connectivity index (χ0) is 18.3. The van der Waals surface area contributed by atoms with Crippen LogP contribution in [0.5, 0.6) is 0 Å². The molecule has 1 aromatic carbocycles. The van der Waals surface area contributed by atoms with Crippen molar-refractivity contribution in [3.05, 3.63) is 28.3 Å². The molecule has 1 aromatic rings. The molecule has 2 amide bonds. The summed E-state index contributed by atoms with van der Waals surface area (Å²) in [4.78, 5) is 14.3. The van der Waals surface area contributed by atoms with Crippen LogP contribution in [0.3, 0.4) is 0 Å². The smallest absolute Gasteiger partial charge is 0.307 e. The fraction of sp³-hybridized carbons (Fsp3) is 0.526. The lowest BCUT2D eigenvalue weighted by Gasteiger charge is -2.36. The summed E-state index contributed by atoms with van der Waals surface area (Å²) in [5.41, 5.74) is 5.81. The van der Waals surface area contributed by atoms with Crippen LogP contribution in [0.25, 0.3) is 0 Å². The molecule has 0 radical (unpaired) electrons. The van der Waals surface area contributed by atoms with E-state index < -0.39 is 21.3 Å². The summed E-state index contributed by atoms with van der Waals surface area (Å²) in [6.45, 7) is 1.16. The third-order valence-corrected chi connectivity index (χ3v) is 7.27. The molecular formula is C19H23N3O3S. The normalized spacial score (nSPS) is 19.3. The van der Waals surface area contributed by atoms with Crippen molar-refractivity contribution >= 4 is 21.7 Å². The number of amides is 2. The molecule has 7 heteroatoms. The van der Waals surface area contributed by atoms with E-state index in [2.05, 4.69) is 22.0 Å². The second kappa shape index (κ2) is 6.60. The Morgan fingerprint density at radius 3 is 2.35 bits per heavy atom. The standard InChI is InChI=1S/C19H23N3O3S/c1-2-9-22-11-15(12-22)26(24,25)21-19(23)20-18-16-7-3-5-13(16)10-14-6-4-8-17(14)18/h1,10,15H,3-9,11-12H2,(H2,20,21,23). The summed E-state index contributed by atoms with van der Waals surface area (Å²) in [5.74, 6) is 2.49. The van der Waals surface area contributed by atoms with Gasteiger partial charge in [0.2, 0.25) is 10.0 Å². The van der Waals surface area contributed by atoms with E-state index in [9.17, 15) is 13.2 Å². The third kappa shape index (κ3) is 3.08. The molecule has 2 aliphatic carbocycles. The zero-order valence-corrected chi connectivity index (χ0v) is 15.5. The van der Waals surface area contributed by atoms with Gasteiger partial charge in [-0.2, -0.15) is 0 Å². The number of nitrogens with one attached hydrogen (secondary N) is 2. The van der Waals surface area contributed by atoms with Crippen molar-refractivity contribution in [1.29, 1.82) is 0 Å². The highest BCUT2D eigenvalue weighted by Gasteiger charge is 2.38. The number of terminal acetylenes is 1. The maximum Gasteiger partial charge on any atom is 0.332 e. The van der Waals surface area contributed by atoms with E-state index in [1.807, 2.05) is 4.90 Å². The van der Waals surface area contributed by atoms with Crippen molar-refractivity contribution in [2.75, 3.05) is 25.0 Å². The Balaban J connectivity index is 1.47. The van der Waals surface area contributed by atoms with Crippen LogP contribution >= 0.6 is 0 Å². The Bertz CT molecular complexity index is 863. The topological polar surface area (TPSA) is 78.5 Å². The highest BCUT2D eigenvalue weighted by atomic mass is 32.2. The first-order chi connectivity index (χ1) is 12.5. The highest BCUT2D eigenvalue weighted by Crippen LogP contribution is 2.38. The molecule has 0 saturated carbocycles. The van der Waals surface area contributed by atoms with E-state index in [0.717, 1.165) is 44.2 Å². The molecule has 0 aromatic heterocycles. The van der Waals surface area contributed by atoms with Gasteiger partial charge in [0.1, 0.15) is 5.25 Å². The number of benzene rings is 1. The number of likely N-dealkylation sites (tertiary alicyclic amines) is 1. The van der Waals surface area contributed by atoms with Crippen molar-refractivity contribution in [2.24, 2.45) is 0 Å². The number of carbonyl (C=O) groups excluding carboxylic acids is 1. The highest BCUT2D eigenvalue weighted by molar-refractivity contribution is 7.90. The number of hydrogen-bond donors (Lipinski definition) is 2. The summed E-state index contributed by atoms with van der Waals surface area (Å²) < 4.78 is 27.0. The van der Waals surface area contributed by atoms with Crippen LogP contribution < -0.4 is 10.0 Å². The number of urea groups is 1. The molecule has 2 N–H and O–H groups in total. The SMILES string of the molecule is C#CCN1CC(S(=O)(=O)NC(=O)Nc2c3c(cc4c2CCC4)CCC3)C1. The molecule has 1 aliphatic heterocycles. The molecular weight excluding hydrogens is 350 g/mol. The Morgan fingerprint density at radius 2 is 1.77 bits per heavy atom. The average Bonchev–Trinajstić information content (AvgIpc) is 3.18. The lowest BCUT2D eigenvalue weighted by molar-refractivity contribution is 0.208. The van der Waals surface area contributed by atoms with Crippen LogP contribution in [-0.2, 0) is 35.7 Å². The van der Waals surface area contributed by atoms with Crippen LogP contribution in [-0.4, -0.2) is 44.2 Å². The summed E-state index contributed by atoms with van der Waals surface area (Å²) in [7, 11) is -3.69. The Kier molecular flexibility index (Phi) is 4.41. The van der Waals surface area contributed by atoms with Crippen LogP contribution in [0, 0.1) is 12.3 Å². The largest absolute Gasteiger partial charge is 0.332 e. The molecule has 0 unspecified atom stereocenters. The first-order valence-corrected chi connectivity index (χ1v) is 10.7. The number of carbonyl (C=O) groups is 1. The molecule has 1 heterocycles. The van der Waals surface area contributed by atoms with Crippen molar-refractivity contribution in [1.82, 2.24) is 9.62 Å². The van der Waals surface area contributed by atoms with Gasteiger partial charge in [-0.3, -0.25) is 4.90 Å². The van der Waals surface area contributed by atoms with Gasteiger partial charge in [0.15, 0.2) is 0 Å². The van der Waals surface area contributed by atoms with Crippen LogP contribution in [0.15, 0.2) is 6.07 Å². The van der Waals surface area contributed by atoms with E-state index >= 15 is 0 Å². The van der Waals surface area contributed by atoms with E-state index in [1.165, 1.54) is 22.3 Å². The van der Waals surface area contributed by atoms with Gasteiger partial charge in [-0.25, -0.2) is 17.9 Å². The van der Waals surface area contributed by atoms with Crippen LogP contribution in [0.1, 0.15) is 35.1 Å². The molecule has 0 bridgehead atoms.